The highest BCUT2D eigenvalue weighted by atomic mass is 16.3. The molecule has 0 amide bonds. The summed E-state index contributed by atoms with van der Waals surface area (Å²) < 4.78 is 1.89. The number of hydrogen-bond acceptors (Lipinski definition) is 3. The van der Waals surface area contributed by atoms with Crippen LogP contribution < -0.4 is 0 Å². The van der Waals surface area contributed by atoms with E-state index in [0.717, 1.165) is 18.7 Å². The van der Waals surface area contributed by atoms with Gasteiger partial charge in [0.2, 0.25) is 0 Å². The maximum absolute atomic E-state index is 9.71. The van der Waals surface area contributed by atoms with Crippen molar-refractivity contribution >= 4 is 5.65 Å². The highest BCUT2D eigenvalue weighted by molar-refractivity contribution is 5.53. The van der Waals surface area contributed by atoms with Crippen LogP contribution in [0.5, 0.6) is 5.75 Å². The number of nitrogens with zero attached hydrogens (tertiary/aromatic N) is 3. The van der Waals surface area contributed by atoms with Crippen molar-refractivity contribution in [2.24, 2.45) is 0 Å². The van der Waals surface area contributed by atoms with Crippen LogP contribution in [0.2, 0.25) is 0 Å². The third kappa shape index (κ3) is 2.34. The fraction of sp³-hybridized carbons (Fsp3) is 0.500. The molecule has 1 aliphatic rings. The summed E-state index contributed by atoms with van der Waals surface area (Å²) in [5, 5.41) is 9.71. The van der Waals surface area contributed by atoms with Crippen LogP contribution in [0.25, 0.3) is 5.65 Å². The first-order valence-electron chi connectivity index (χ1n) is 6.71. The molecule has 96 valence electrons. The van der Waals surface area contributed by atoms with E-state index in [1.54, 1.807) is 6.07 Å². The van der Waals surface area contributed by atoms with Crippen LogP contribution >= 0.6 is 0 Å². The van der Waals surface area contributed by atoms with Crippen LogP contribution in [0, 0.1) is 0 Å². The van der Waals surface area contributed by atoms with Crippen molar-refractivity contribution in [3.8, 4) is 5.75 Å². The zero-order chi connectivity index (χ0) is 12.4. The van der Waals surface area contributed by atoms with Gasteiger partial charge in [-0.1, -0.05) is 6.42 Å². The molecule has 0 atom stereocenters. The number of aromatic nitrogens is 2. The Morgan fingerprint density at radius 2 is 2.06 bits per heavy atom. The van der Waals surface area contributed by atoms with Crippen molar-refractivity contribution in [2.45, 2.75) is 25.7 Å². The van der Waals surface area contributed by atoms with E-state index >= 15 is 0 Å². The number of aromatic hydroxyl groups is 1. The minimum Gasteiger partial charge on any atom is -0.504 e. The van der Waals surface area contributed by atoms with Gasteiger partial charge >= 0.3 is 0 Å². The lowest BCUT2D eigenvalue weighted by molar-refractivity contribution is 0.231. The summed E-state index contributed by atoms with van der Waals surface area (Å²) in [6.45, 7) is 3.52. The first-order valence-corrected chi connectivity index (χ1v) is 6.71. The number of hydrogen-bond donors (Lipinski definition) is 1. The second-order valence-corrected chi connectivity index (χ2v) is 5.01. The van der Waals surface area contributed by atoms with Crippen molar-refractivity contribution in [1.29, 1.82) is 0 Å². The highest BCUT2D eigenvalue weighted by Crippen LogP contribution is 2.17. The Morgan fingerprint density at radius 3 is 2.83 bits per heavy atom. The lowest BCUT2D eigenvalue weighted by Gasteiger charge is -2.25. The largest absolute Gasteiger partial charge is 0.504 e. The Balaban J connectivity index is 1.69. The van der Waals surface area contributed by atoms with Gasteiger partial charge in [0.15, 0.2) is 11.4 Å². The average Bonchev–Trinajstić information content (AvgIpc) is 2.82. The fourth-order valence-electron chi connectivity index (χ4n) is 2.63. The van der Waals surface area contributed by atoms with Gasteiger partial charge in [-0.3, -0.25) is 0 Å². The standard InChI is InChI=1S/C14H19N3O/c18-13-5-4-9-17-11-12(15-14(13)17)6-10-16-7-2-1-3-8-16/h4-5,9,11,18H,1-3,6-8,10H2. The molecule has 2 aromatic heterocycles. The topological polar surface area (TPSA) is 40.8 Å². The monoisotopic (exact) mass is 245 g/mol. The molecule has 1 fully saturated rings. The van der Waals surface area contributed by atoms with E-state index in [9.17, 15) is 5.11 Å². The van der Waals surface area contributed by atoms with Crippen LogP contribution in [0.3, 0.4) is 0 Å². The first kappa shape index (κ1) is 11.5. The van der Waals surface area contributed by atoms with Crippen molar-refractivity contribution in [2.75, 3.05) is 19.6 Å². The van der Waals surface area contributed by atoms with Gasteiger partial charge in [0.1, 0.15) is 0 Å². The minimum atomic E-state index is 0.252. The zero-order valence-corrected chi connectivity index (χ0v) is 10.5. The van der Waals surface area contributed by atoms with Crippen LogP contribution in [-0.2, 0) is 6.42 Å². The van der Waals surface area contributed by atoms with Crippen molar-refractivity contribution < 1.29 is 5.11 Å². The van der Waals surface area contributed by atoms with Gasteiger partial charge in [0.25, 0.3) is 0 Å². The molecule has 0 aliphatic carbocycles. The second-order valence-electron chi connectivity index (χ2n) is 5.01. The van der Waals surface area contributed by atoms with E-state index in [1.807, 2.05) is 22.9 Å². The second kappa shape index (κ2) is 4.98. The summed E-state index contributed by atoms with van der Waals surface area (Å²) in [4.78, 5) is 6.99. The van der Waals surface area contributed by atoms with Gasteiger partial charge in [0.05, 0.1) is 5.69 Å². The maximum atomic E-state index is 9.71. The Morgan fingerprint density at radius 1 is 1.22 bits per heavy atom. The molecule has 18 heavy (non-hydrogen) atoms. The summed E-state index contributed by atoms with van der Waals surface area (Å²) in [5.74, 6) is 0.252. The predicted octanol–water partition coefficient (Wildman–Crippen LogP) is 2.07. The first-order chi connectivity index (χ1) is 8.83. The molecule has 4 heteroatoms. The van der Waals surface area contributed by atoms with Crippen LogP contribution in [0.15, 0.2) is 24.5 Å². The third-order valence-corrected chi connectivity index (χ3v) is 3.64. The zero-order valence-electron chi connectivity index (χ0n) is 10.5. The molecule has 1 N–H and O–H groups in total. The number of likely N-dealkylation sites (tertiary alicyclic amines) is 1. The van der Waals surface area contributed by atoms with Crippen molar-refractivity contribution in [3.05, 3.63) is 30.2 Å². The fourth-order valence-corrected chi connectivity index (χ4v) is 2.63. The molecule has 4 nitrogen and oxygen atoms in total. The quantitative estimate of drug-likeness (QED) is 0.900. The van der Waals surface area contributed by atoms with Crippen molar-refractivity contribution in [1.82, 2.24) is 14.3 Å². The molecule has 0 unspecified atom stereocenters. The number of imidazole rings is 1. The maximum Gasteiger partial charge on any atom is 0.179 e. The SMILES string of the molecule is Oc1cccn2cc(CCN3CCCCC3)nc12. The third-order valence-electron chi connectivity index (χ3n) is 3.64. The molecule has 1 aliphatic heterocycles. The summed E-state index contributed by atoms with van der Waals surface area (Å²) >= 11 is 0. The number of rotatable bonds is 3. The number of fused-ring (bicyclic) bond motifs is 1. The summed E-state index contributed by atoms with van der Waals surface area (Å²) in [7, 11) is 0. The molecule has 0 bridgehead atoms. The van der Waals surface area contributed by atoms with Crippen molar-refractivity contribution in [3.63, 3.8) is 0 Å². The van der Waals surface area contributed by atoms with Gasteiger partial charge in [-0.2, -0.15) is 0 Å². The molecule has 2 aromatic rings. The molecule has 0 spiro atoms. The van der Waals surface area contributed by atoms with E-state index < -0.39 is 0 Å². The van der Waals surface area contributed by atoms with Gasteiger partial charge in [0, 0.05) is 25.4 Å². The number of pyridine rings is 1. The van der Waals surface area contributed by atoms with Gasteiger partial charge in [-0.05, 0) is 38.1 Å². The van der Waals surface area contributed by atoms with Crippen LogP contribution in [0.1, 0.15) is 25.0 Å². The molecule has 0 radical (unpaired) electrons. The molecular weight excluding hydrogens is 226 g/mol. The van der Waals surface area contributed by atoms with E-state index in [2.05, 4.69) is 9.88 Å². The lowest BCUT2D eigenvalue weighted by Crippen LogP contribution is -2.31. The Labute approximate surface area is 107 Å². The minimum absolute atomic E-state index is 0.252. The molecule has 3 rings (SSSR count). The number of piperidine rings is 1. The molecular formula is C14H19N3O. The molecule has 0 aromatic carbocycles. The summed E-state index contributed by atoms with van der Waals surface area (Å²) in [6.07, 6.45) is 8.92. The van der Waals surface area contributed by atoms with Gasteiger partial charge in [-0.25, -0.2) is 4.98 Å². The Bertz CT molecular complexity index is 529. The molecule has 0 saturated carbocycles. The normalized spacial score (nSPS) is 17.3. The molecule has 1 saturated heterocycles. The van der Waals surface area contributed by atoms with Gasteiger partial charge in [-0.15, -0.1) is 0 Å². The Kier molecular flexibility index (Phi) is 3.19. The van der Waals surface area contributed by atoms with E-state index in [0.29, 0.717) is 5.65 Å². The van der Waals surface area contributed by atoms with Crippen LogP contribution in [-0.4, -0.2) is 39.0 Å². The smallest absolute Gasteiger partial charge is 0.179 e. The van der Waals surface area contributed by atoms with E-state index in [4.69, 9.17) is 0 Å². The predicted molar refractivity (Wildman–Crippen MR) is 70.9 cm³/mol. The lowest BCUT2D eigenvalue weighted by atomic mass is 10.1. The van der Waals surface area contributed by atoms with Crippen LogP contribution in [0.4, 0.5) is 0 Å². The van der Waals surface area contributed by atoms with E-state index in [-0.39, 0.29) is 5.75 Å². The summed E-state index contributed by atoms with van der Waals surface area (Å²) in [5.41, 5.74) is 1.72. The Hall–Kier alpha value is -1.55. The average molecular weight is 245 g/mol. The summed E-state index contributed by atoms with van der Waals surface area (Å²) in [6, 6.07) is 3.51. The molecule has 3 heterocycles. The van der Waals surface area contributed by atoms with Gasteiger partial charge < -0.3 is 14.4 Å². The van der Waals surface area contributed by atoms with E-state index in [1.165, 1.54) is 32.4 Å². The highest BCUT2D eigenvalue weighted by Gasteiger charge is 2.11.